The molecule has 0 fully saturated rings. The number of hydrogen-bond donors (Lipinski definition) is 1. The van der Waals surface area contributed by atoms with Crippen LogP contribution in [0.5, 0.6) is 0 Å². The maximum absolute atomic E-state index is 6.31. The average molecular weight is 297 g/mol. The number of nitrogens with one attached hydrogen (secondary N) is 1. The molecule has 1 heterocycles. The van der Waals surface area contributed by atoms with E-state index in [4.69, 9.17) is 28.2 Å². The van der Waals surface area contributed by atoms with Gasteiger partial charge in [0.25, 0.3) is 0 Å². The lowest BCUT2D eigenvalue weighted by molar-refractivity contribution is 0.570. The maximum atomic E-state index is 6.31. The Morgan fingerprint density at radius 1 is 1.21 bits per heavy atom. The van der Waals surface area contributed by atoms with Gasteiger partial charge in [0.1, 0.15) is 0 Å². The number of halogens is 2. The lowest BCUT2D eigenvalue weighted by Gasteiger charge is -2.20. The second kappa shape index (κ2) is 5.28. The lowest BCUT2D eigenvalue weighted by atomic mass is 9.90. The van der Waals surface area contributed by atoms with Crippen molar-refractivity contribution in [1.82, 2.24) is 10.3 Å². The Labute approximate surface area is 124 Å². The van der Waals surface area contributed by atoms with Gasteiger partial charge in [-0.15, -0.1) is 0 Å². The summed E-state index contributed by atoms with van der Waals surface area (Å²) in [5.74, 6) is 0. The maximum Gasteiger partial charge on any atom is 0.0910 e. The Bertz CT molecular complexity index is 616. The minimum absolute atomic E-state index is 0.0255. The molecule has 102 valence electrons. The summed E-state index contributed by atoms with van der Waals surface area (Å²) < 4.78 is 0. The molecule has 2 rings (SSSR count). The zero-order valence-electron chi connectivity index (χ0n) is 11.6. The van der Waals surface area contributed by atoms with Gasteiger partial charge < -0.3 is 5.32 Å². The number of fused-ring (bicyclic) bond motifs is 1. The summed E-state index contributed by atoms with van der Waals surface area (Å²) in [5, 5.41) is 5.31. The minimum Gasteiger partial charge on any atom is -0.316 e. The second-order valence-electron chi connectivity index (χ2n) is 5.70. The fraction of sp³-hybridized carbons (Fsp3) is 0.400. The molecule has 0 radical (unpaired) electrons. The van der Waals surface area contributed by atoms with Crippen LogP contribution >= 0.6 is 23.2 Å². The fourth-order valence-electron chi connectivity index (χ4n) is 2.02. The van der Waals surface area contributed by atoms with E-state index >= 15 is 0 Å². The number of aromatic nitrogens is 1. The smallest absolute Gasteiger partial charge is 0.0910 e. The van der Waals surface area contributed by atoms with Crippen LogP contribution in [0.15, 0.2) is 18.2 Å². The van der Waals surface area contributed by atoms with Crippen LogP contribution in [0, 0.1) is 0 Å². The molecule has 0 saturated heterocycles. The van der Waals surface area contributed by atoms with Crippen LogP contribution in [0.2, 0.25) is 10.0 Å². The summed E-state index contributed by atoms with van der Waals surface area (Å²) in [6.45, 7) is 7.20. The third-order valence-corrected chi connectivity index (χ3v) is 3.89. The van der Waals surface area contributed by atoms with Gasteiger partial charge in [-0.05, 0) is 24.7 Å². The predicted octanol–water partition coefficient (Wildman–Crippen LogP) is 4.56. The summed E-state index contributed by atoms with van der Waals surface area (Å²) in [4.78, 5) is 4.71. The minimum atomic E-state index is -0.0255. The van der Waals surface area contributed by atoms with E-state index in [0.717, 1.165) is 23.1 Å². The summed E-state index contributed by atoms with van der Waals surface area (Å²) >= 11 is 12.4. The average Bonchev–Trinajstić information content (AvgIpc) is 2.33. The molecule has 2 nitrogen and oxygen atoms in total. The first-order valence-electron chi connectivity index (χ1n) is 6.27. The van der Waals surface area contributed by atoms with E-state index in [2.05, 4.69) is 32.2 Å². The van der Waals surface area contributed by atoms with Crippen molar-refractivity contribution in [3.63, 3.8) is 0 Å². The summed E-state index contributed by atoms with van der Waals surface area (Å²) in [6, 6.07) is 5.95. The van der Waals surface area contributed by atoms with Crippen molar-refractivity contribution in [2.45, 2.75) is 32.7 Å². The highest BCUT2D eigenvalue weighted by Crippen LogP contribution is 2.33. The third kappa shape index (κ3) is 2.86. The fourth-order valence-corrected chi connectivity index (χ4v) is 2.38. The molecule has 0 bridgehead atoms. The second-order valence-corrected chi connectivity index (χ2v) is 6.49. The van der Waals surface area contributed by atoms with Crippen molar-refractivity contribution in [1.29, 1.82) is 0 Å². The molecule has 0 spiro atoms. The molecule has 0 amide bonds. The van der Waals surface area contributed by atoms with Crippen LogP contribution in [0.3, 0.4) is 0 Å². The Balaban J connectivity index is 2.80. The van der Waals surface area contributed by atoms with Crippen molar-refractivity contribution in [2.24, 2.45) is 0 Å². The zero-order valence-corrected chi connectivity index (χ0v) is 13.2. The molecular formula is C15H18Cl2N2. The SMILES string of the molecule is CNCc1cc(C(C)(C)C)nc2c(Cl)c(Cl)ccc12. The van der Waals surface area contributed by atoms with Crippen LogP contribution in [0.1, 0.15) is 32.0 Å². The summed E-state index contributed by atoms with van der Waals surface area (Å²) in [5.41, 5.74) is 2.97. The standard InChI is InChI=1S/C15H18Cl2N2/c1-15(2,3)12-7-9(8-18-4)10-5-6-11(16)13(17)14(10)19-12/h5-7,18H,8H2,1-4H3. The number of pyridine rings is 1. The molecule has 0 saturated carbocycles. The molecule has 1 aromatic heterocycles. The monoisotopic (exact) mass is 296 g/mol. The largest absolute Gasteiger partial charge is 0.316 e. The molecule has 2 aromatic rings. The molecule has 0 atom stereocenters. The highest BCUT2D eigenvalue weighted by atomic mass is 35.5. The Hall–Kier alpha value is -0.830. The van der Waals surface area contributed by atoms with Gasteiger partial charge in [-0.25, -0.2) is 0 Å². The Kier molecular flexibility index (Phi) is 4.05. The Morgan fingerprint density at radius 3 is 2.47 bits per heavy atom. The topological polar surface area (TPSA) is 24.9 Å². The normalized spacial score (nSPS) is 12.1. The van der Waals surface area contributed by atoms with Crippen molar-refractivity contribution in [2.75, 3.05) is 7.05 Å². The first-order chi connectivity index (χ1) is 8.84. The number of nitrogens with zero attached hydrogens (tertiary/aromatic N) is 1. The Morgan fingerprint density at radius 2 is 1.89 bits per heavy atom. The number of rotatable bonds is 2. The highest BCUT2D eigenvalue weighted by Gasteiger charge is 2.19. The quantitative estimate of drug-likeness (QED) is 0.879. The summed E-state index contributed by atoms with van der Waals surface area (Å²) in [7, 11) is 1.93. The van der Waals surface area contributed by atoms with Crippen molar-refractivity contribution >= 4 is 34.1 Å². The van der Waals surface area contributed by atoms with E-state index in [0.29, 0.717) is 10.0 Å². The third-order valence-electron chi connectivity index (χ3n) is 3.09. The lowest BCUT2D eigenvalue weighted by Crippen LogP contribution is -2.16. The molecule has 0 unspecified atom stereocenters. The zero-order chi connectivity index (χ0) is 14.2. The van der Waals surface area contributed by atoms with E-state index in [-0.39, 0.29) is 5.41 Å². The van der Waals surface area contributed by atoms with Crippen molar-refractivity contribution < 1.29 is 0 Å². The van der Waals surface area contributed by atoms with E-state index in [9.17, 15) is 0 Å². The summed E-state index contributed by atoms with van der Waals surface area (Å²) in [6.07, 6.45) is 0. The van der Waals surface area contributed by atoms with Crippen LogP contribution in [0.25, 0.3) is 10.9 Å². The highest BCUT2D eigenvalue weighted by molar-refractivity contribution is 6.45. The molecule has 0 aliphatic carbocycles. The van der Waals surface area contributed by atoms with E-state index in [1.807, 2.05) is 19.2 Å². The first-order valence-corrected chi connectivity index (χ1v) is 7.03. The van der Waals surface area contributed by atoms with Gasteiger partial charge >= 0.3 is 0 Å². The van der Waals surface area contributed by atoms with Gasteiger partial charge in [0, 0.05) is 23.0 Å². The van der Waals surface area contributed by atoms with Crippen molar-refractivity contribution in [3.8, 4) is 0 Å². The van der Waals surface area contributed by atoms with Crippen LogP contribution in [0.4, 0.5) is 0 Å². The van der Waals surface area contributed by atoms with Crippen LogP contribution in [-0.4, -0.2) is 12.0 Å². The predicted molar refractivity (Wildman–Crippen MR) is 83.2 cm³/mol. The number of hydrogen-bond acceptors (Lipinski definition) is 2. The van der Waals surface area contributed by atoms with Gasteiger partial charge in [-0.3, -0.25) is 4.98 Å². The van der Waals surface area contributed by atoms with Crippen molar-refractivity contribution in [3.05, 3.63) is 39.5 Å². The van der Waals surface area contributed by atoms with Gasteiger partial charge in [0.15, 0.2) is 0 Å². The molecule has 1 aromatic carbocycles. The molecule has 0 aliphatic heterocycles. The molecule has 0 aliphatic rings. The van der Waals surface area contributed by atoms with Gasteiger partial charge in [-0.2, -0.15) is 0 Å². The van der Waals surface area contributed by atoms with Gasteiger partial charge in [-0.1, -0.05) is 50.0 Å². The molecular weight excluding hydrogens is 279 g/mol. The number of benzene rings is 1. The van der Waals surface area contributed by atoms with Gasteiger partial charge in [0.05, 0.1) is 15.6 Å². The van der Waals surface area contributed by atoms with Gasteiger partial charge in [0.2, 0.25) is 0 Å². The van der Waals surface area contributed by atoms with E-state index in [1.165, 1.54) is 5.56 Å². The van der Waals surface area contributed by atoms with Crippen LogP contribution in [-0.2, 0) is 12.0 Å². The molecule has 1 N–H and O–H groups in total. The first kappa shape index (κ1) is 14.6. The van der Waals surface area contributed by atoms with E-state index in [1.54, 1.807) is 0 Å². The van der Waals surface area contributed by atoms with Crippen LogP contribution < -0.4 is 5.32 Å². The molecule has 4 heteroatoms. The van der Waals surface area contributed by atoms with E-state index < -0.39 is 0 Å². The molecule has 19 heavy (non-hydrogen) atoms.